The third-order valence-corrected chi connectivity index (χ3v) is 4.60. The molecule has 0 aromatic carbocycles. The molecule has 3 rings (SSSR count). The van der Waals surface area contributed by atoms with Crippen molar-refractivity contribution in [2.75, 3.05) is 51.2 Å². The van der Waals surface area contributed by atoms with Gasteiger partial charge in [0.15, 0.2) is 0 Å². The summed E-state index contributed by atoms with van der Waals surface area (Å²) in [7, 11) is 2.28. The molecule has 2 aliphatic rings. The van der Waals surface area contributed by atoms with Crippen molar-refractivity contribution in [2.45, 2.75) is 25.3 Å². The lowest BCUT2D eigenvalue weighted by molar-refractivity contribution is 0.124. The summed E-state index contributed by atoms with van der Waals surface area (Å²) in [4.78, 5) is 16.1. The minimum Gasteiger partial charge on any atom is -0.338 e. The van der Waals surface area contributed by atoms with Crippen LogP contribution in [0.3, 0.4) is 0 Å². The number of hydrogen-bond donors (Lipinski definition) is 0. The molecule has 2 aliphatic heterocycles. The minimum absolute atomic E-state index is 0.753. The molecule has 2 saturated heterocycles. The number of likely N-dealkylation sites (N-methyl/N-ethyl adjacent to an activating group) is 1. The van der Waals surface area contributed by atoms with E-state index in [2.05, 4.69) is 31.7 Å². The molecule has 20 heavy (non-hydrogen) atoms. The van der Waals surface area contributed by atoms with Crippen molar-refractivity contribution in [2.24, 2.45) is 0 Å². The van der Waals surface area contributed by atoms with E-state index in [9.17, 15) is 0 Å². The Morgan fingerprint density at radius 2 is 1.80 bits per heavy atom. The largest absolute Gasteiger partial charge is 0.338 e. The van der Waals surface area contributed by atoms with Gasteiger partial charge in [-0.25, -0.2) is 9.97 Å². The Morgan fingerprint density at radius 1 is 1.05 bits per heavy atom. The van der Waals surface area contributed by atoms with E-state index in [0.29, 0.717) is 0 Å². The smallest absolute Gasteiger partial charge is 0.225 e. The van der Waals surface area contributed by atoms with Crippen molar-refractivity contribution in [3.63, 3.8) is 0 Å². The van der Waals surface area contributed by atoms with Crippen LogP contribution in [0.4, 0.5) is 5.95 Å². The summed E-state index contributed by atoms with van der Waals surface area (Å²) in [5, 5.41) is 0. The van der Waals surface area contributed by atoms with Crippen molar-refractivity contribution in [3.05, 3.63) is 18.5 Å². The Labute approximate surface area is 121 Å². The first-order chi connectivity index (χ1) is 9.83. The summed E-state index contributed by atoms with van der Waals surface area (Å²) in [5.41, 5.74) is 0. The monoisotopic (exact) mass is 275 g/mol. The van der Waals surface area contributed by atoms with Gasteiger partial charge in [-0.05, 0) is 32.5 Å². The van der Waals surface area contributed by atoms with Gasteiger partial charge in [-0.1, -0.05) is 6.42 Å². The van der Waals surface area contributed by atoms with Crippen molar-refractivity contribution in [3.8, 4) is 0 Å². The molecule has 110 valence electrons. The first kappa shape index (κ1) is 13.8. The van der Waals surface area contributed by atoms with Gasteiger partial charge < -0.3 is 9.80 Å². The summed E-state index contributed by atoms with van der Waals surface area (Å²) in [6.45, 7) is 6.83. The van der Waals surface area contributed by atoms with Crippen LogP contribution in [0.25, 0.3) is 0 Å². The zero-order valence-electron chi connectivity index (χ0n) is 12.4. The second kappa shape index (κ2) is 6.50. The van der Waals surface area contributed by atoms with Crippen LogP contribution in [-0.2, 0) is 0 Å². The number of piperidine rings is 1. The maximum absolute atomic E-state index is 4.34. The van der Waals surface area contributed by atoms with Crippen LogP contribution >= 0.6 is 0 Å². The van der Waals surface area contributed by atoms with Gasteiger partial charge in [0.25, 0.3) is 0 Å². The fraction of sp³-hybridized carbons (Fsp3) is 0.733. The van der Waals surface area contributed by atoms with E-state index < -0.39 is 0 Å². The summed E-state index contributed by atoms with van der Waals surface area (Å²) >= 11 is 0. The molecule has 0 spiro atoms. The second-order valence-electron chi connectivity index (χ2n) is 5.97. The molecule has 3 heterocycles. The topological polar surface area (TPSA) is 35.5 Å². The Bertz CT molecular complexity index is 402. The lowest BCUT2D eigenvalue weighted by Gasteiger charge is -2.40. The molecule has 1 aromatic heterocycles. The molecule has 1 aromatic rings. The molecule has 0 saturated carbocycles. The van der Waals surface area contributed by atoms with Crippen LogP contribution < -0.4 is 4.90 Å². The molecule has 1 unspecified atom stereocenters. The summed E-state index contributed by atoms with van der Waals surface area (Å²) < 4.78 is 0. The van der Waals surface area contributed by atoms with Crippen molar-refractivity contribution in [1.82, 2.24) is 19.8 Å². The van der Waals surface area contributed by atoms with Gasteiger partial charge in [0.05, 0.1) is 0 Å². The molecule has 0 N–H and O–H groups in total. The standard InChI is InChI=1S/C15H25N5/c1-18-8-3-2-5-14(18)13-19-9-11-20(12-10-19)15-16-6-4-7-17-15/h4,6-7,14H,2-3,5,8-13H2,1H3. The quantitative estimate of drug-likeness (QED) is 0.825. The van der Waals surface area contributed by atoms with E-state index in [4.69, 9.17) is 0 Å². The van der Waals surface area contributed by atoms with E-state index in [1.54, 1.807) is 0 Å². The number of anilines is 1. The highest BCUT2D eigenvalue weighted by molar-refractivity contribution is 5.29. The van der Waals surface area contributed by atoms with Gasteiger partial charge in [0.2, 0.25) is 5.95 Å². The maximum atomic E-state index is 4.34. The minimum atomic E-state index is 0.753. The second-order valence-corrected chi connectivity index (χ2v) is 5.97. The molecule has 0 amide bonds. The number of nitrogens with zero attached hydrogens (tertiary/aromatic N) is 5. The Morgan fingerprint density at radius 3 is 2.50 bits per heavy atom. The predicted octanol–water partition coefficient (Wildman–Crippen LogP) is 1.08. The summed E-state index contributed by atoms with van der Waals surface area (Å²) in [6, 6.07) is 2.63. The molecule has 5 heteroatoms. The lowest BCUT2D eigenvalue weighted by atomic mass is 10.0. The molecule has 2 fully saturated rings. The van der Waals surface area contributed by atoms with Crippen LogP contribution in [0.1, 0.15) is 19.3 Å². The first-order valence-electron chi connectivity index (χ1n) is 7.77. The molecule has 0 radical (unpaired) electrons. The average molecular weight is 275 g/mol. The molecular formula is C15H25N5. The normalized spacial score (nSPS) is 25.9. The van der Waals surface area contributed by atoms with Gasteiger partial charge in [-0.2, -0.15) is 0 Å². The van der Waals surface area contributed by atoms with Crippen LogP contribution in [0.5, 0.6) is 0 Å². The highest BCUT2D eigenvalue weighted by atomic mass is 15.3. The third-order valence-electron chi connectivity index (χ3n) is 4.60. The molecular weight excluding hydrogens is 250 g/mol. The van der Waals surface area contributed by atoms with Crippen LogP contribution in [0, 0.1) is 0 Å². The molecule has 5 nitrogen and oxygen atoms in total. The molecule has 1 atom stereocenters. The van der Waals surface area contributed by atoms with Crippen LogP contribution in [-0.4, -0.2) is 72.1 Å². The number of piperazine rings is 1. The van der Waals surface area contributed by atoms with E-state index in [1.807, 2.05) is 18.5 Å². The maximum Gasteiger partial charge on any atom is 0.225 e. The Hall–Kier alpha value is -1.20. The van der Waals surface area contributed by atoms with Gasteiger partial charge in [-0.15, -0.1) is 0 Å². The number of aromatic nitrogens is 2. The summed E-state index contributed by atoms with van der Waals surface area (Å²) in [5.74, 6) is 0.877. The molecule has 0 aliphatic carbocycles. The first-order valence-corrected chi connectivity index (χ1v) is 7.77. The van der Waals surface area contributed by atoms with Gasteiger partial charge in [0.1, 0.15) is 0 Å². The Kier molecular flexibility index (Phi) is 4.47. The number of likely N-dealkylation sites (tertiary alicyclic amines) is 1. The highest BCUT2D eigenvalue weighted by Gasteiger charge is 2.24. The zero-order chi connectivity index (χ0) is 13.8. The lowest BCUT2D eigenvalue weighted by Crippen LogP contribution is -2.52. The van der Waals surface area contributed by atoms with Crippen molar-refractivity contribution < 1.29 is 0 Å². The van der Waals surface area contributed by atoms with Crippen molar-refractivity contribution in [1.29, 1.82) is 0 Å². The van der Waals surface area contributed by atoms with E-state index >= 15 is 0 Å². The third kappa shape index (κ3) is 3.27. The fourth-order valence-corrected chi connectivity index (χ4v) is 3.26. The van der Waals surface area contributed by atoms with Gasteiger partial charge in [-0.3, -0.25) is 4.90 Å². The fourth-order valence-electron chi connectivity index (χ4n) is 3.26. The van der Waals surface area contributed by atoms with Crippen LogP contribution in [0.2, 0.25) is 0 Å². The van der Waals surface area contributed by atoms with E-state index in [1.165, 1.54) is 32.4 Å². The average Bonchev–Trinajstić information content (AvgIpc) is 2.51. The van der Waals surface area contributed by atoms with Crippen LogP contribution in [0.15, 0.2) is 18.5 Å². The number of hydrogen-bond acceptors (Lipinski definition) is 5. The van der Waals surface area contributed by atoms with E-state index in [-0.39, 0.29) is 0 Å². The van der Waals surface area contributed by atoms with E-state index in [0.717, 1.165) is 38.2 Å². The predicted molar refractivity (Wildman–Crippen MR) is 81.0 cm³/mol. The van der Waals surface area contributed by atoms with Gasteiger partial charge in [0, 0.05) is 51.2 Å². The highest BCUT2D eigenvalue weighted by Crippen LogP contribution is 2.17. The van der Waals surface area contributed by atoms with Crippen molar-refractivity contribution >= 4 is 5.95 Å². The Balaban J connectivity index is 1.49. The SMILES string of the molecule is CN1CCCCC1CN1CCN(c2ncccn2)CC1. The number of rotatable bonds is 3. The molecule has 0 bridgehead atoms. The summed E-state index contributed by atoms with van der Waals surface area (Å²) in [6.07, 6.45) is 7.77. The van der Waals surface area contributed by atoms with Gasteiger partial charge >= 0.3 is 0 Å². The zero-order valence-corrected chi connectivity index (χ0v) is 12.4.